The summed E-state index contributed by atoms with van der Waals surface area (Å²) in [5, 5.41) is 9.01. The Morgan fingerprint density at radius 1 is 1.44 bits per heavy atom. The van der Waals surface area contributed by atoms with Crippen molar-refractivity contribution < 1.29 is 14.1 Å². The summed E-state index contributed by atoms with van der Waals surface area (Å²) < 4.78 is 4.58. The van der Waals surface area contributed by atoms with Gasteiger partial charge in [0.25, 0.3) is 5.91 Å². The summed E-state index contributed by atoms with van der Waals surface area (Å²) in [7, 11) is 0. The third kappa shape index (κ3) is 4.29. The molecule has 1 rings (SSSR count). The second-order valence-corrected chi connectivity index (χ2v) is 4.37. The molecule has 0 fully saturated rings. The van der Waals surface area contributed by atoms with Crippen LogP contribution in [0.4, 0.5) is 5.82 Å². The first-order valence-corrected chi connectivity index (χ1v) is 6.06. The van der Waals surface area contributed by atoms with Crippen LogP contribution in [0.2, 0.25) is 0 Å². The first-order chi connectivity index (χ1) is 8.54. The number of hydrogen-bond donors (Lipinski definition) is 2. The summed E-state index contributed by atoms with van der Waals surface area (Å²) in [6.45, 7) is 5.84. The van der Waals surface area contributed by atoms with Gasteiger partial charge in [0.1, 0.15) is 6.26 Å². The van der Waals surface area contributed by atoms with Crippen LogP contribution >= 0.6 is 0 Å². The number of carbonyl (C=O) groups excluding carboxylic acids is 2. The van der Waals surface area contributed by atoms with Crippen LogP contribution in [0.1, 0.15) is 33.6 Å². The van der Waals surface area contributed by atoms with Crippen molar-refractivity contribution in [1.29, 1.82) is 0 Å². The molecule has 1 heterocycles. The molecule has 100 valence electrons. The molecule has 0 aliphatic heterocycles. The maximum Gasteiger partial charge on any atom is 0.294 e. The van der Waals surface area contributed by atoms with Crippen molar-refractivity contribution in [2.45, 2.75) is 45.7 Å². The summed E-state index contributed by atoms with van der Waals surface area (Å²) in [5.41, 5.74) is 0. The summed E-state index contributed by atoms with van der Waals surface area (Å²) in [6.07, 6.45) is 2.78. The Morgan fingerprint density at radius 2 is 2.17 bits per heavy atom. The van der Waals surface area contributed by atoms with Crippen molar-refractivity contribution in [3.8, 4) is 0 Å². The molecular weight excluding hydrogens is 234 g/mol. The molecule has 0 radical (unpaired) electrons. The zero-order valence-corrected chi connectivity index (χ0v) is 10.9. The molecule has 0 saturated carbocycles. The van der Waals surface area contributed by atoms with Crippen LogP contribution in [-0.4, -0.2) is 28.9 Å². The standard InChI is InChI=1S/C12H19N3O3/c1-4-5-9(13-8(2)3)11(16)12(17)14-10-6-7-18-15-10/h6-9,13H,4-5H2,1-3H3,(H,14,15,17). The van der Waals surface area contributed by atoms with Crippen molar-refractivity contribution in [3.05, 3.63) is 12.3 Å². The Kier molecular flexibility index (Phi) is 5.51. The SMILES string of the molecule is CCCC(NC(C)C)C(=O)C(=O)Nc1ccon1. The van der Waals surface area contributed by atoms with E-state index < -0.39 is 17.7 Å². The lowest BCUT2D eigenvalue weighted by Crippen LogP contribution is -2.45. The highest BCUT2D eigenvalue weighted by Gasteiger charge is 2.25. The minimum atomic E-state index is -0.671. The van der Waals surface area contributed by atoms with Crippen molar-refractivity contribution >= 4 is 17.5 Å². The van der Waals surface area contributed by atoms with Gasteiger partial charge in [0, 0.05) is 12.1 Å². The van der Waals surface area contributed by atoms with E-state index in [1.54, 1.807) is 0 Å². The highest BCUT2D eigenvalue weighted by Crippen LogP contribution is 2.05. The maximum atomic E-state index is 12.0. The molecule has 0 aliphatic rings. The fourth-order valence-corrected chi connectivity index (χ4v) is 1.59. The van der Waals surface area contributed by atoms with Gasteiger partial charge in [0.15, 0.2) is 5.82 Å². The molecule has 1 amide bonds. The monoisotopic (exact) mass is 253 g/mol. The van der Waals surface area contributed by atoms with E-state index in [0.29, 0.717) is 6.42 Å². The number of amides is 1. The van der Waals surface area contributed by atoms with Gasteiger partial charge in [-0.3, -0.25) is 9.59 Å². The second-order valence-electron chi connectivity index (χ2n) is 4.37. The number of ketones is 1. The number of anilines is 1. The van der Waals surface area contributed by atoms with E-state index in [1.807, 2.05) is 20.8 Å². The lowest BCUT2D eigenvalue weighted by molar-refractivity contribution is -0.136. The fourth-order valence-electron chi connectivity index (χ4n) is 1.59. The Balaban J connectivity index is 2.61. The largest absolute Gasteiger partial charge is 0.363 e. The minimum Gasteiger partial charge on any atom is -0.363 e. The lowest BCUT2D eigenvalue weighted by Gasteiger charge is -2.18. The first kappa shape index (κ1) is 14.4. The number of Topliss-reactive ketones (excluding diaryl/α,β-unsaturated/α-hetero) is 1. The van der Waals surface area contributed by atoms with E-state index in [2.05, 4.69) is 20.3 Å². The lowest BCUT2D eigenvalue weighted by atomic mass is 10.1. The topological polar surface area (TPSA) is 84.2 Å². The van der Waals surface area contributed by atoms with Crippen LogP contribution in [0.3, 0.4) is 0 Å². The van der Waals surface area contributed by atoms with E-state index in [-0.39, 0.29) is 11.9 Å². The maximum absolute atomic E-state index is 12.0. The number of nitrogens with zero attached hydrogens (tertiary/aromatic N) is 1. The van der Waals surface area contributed by atoms with Crippen molar-refractivity contribution in [3.63, 3.8) is 0 Å². The van der Waals surface area contributed by atoms with E-state index in [0.717, 1.165) is 6.42 Å². The molecule has 1 aromatic heterocycles. The molecular formula is C12H19N3O3. The minimum absolute atomic E-state index is 0.144. The fraction of sp³-hybridized carbons (Fsp3) is 0.583. The first-order valence-electron chi connectivity index (χ1n) is 6.06. The van der Waals surface area contributed by atoms with Gasteiger partial charge in [-0.05, 0) is 6.42 Å². The molecule has 2 N–H and O–H groups in total. The van der Waals surface area contributed by atoms with Crippen molar-refractivity contribution in [1.82, 2.24) is 10.5 Å². The van der Waals surface area contributed by atoms with Gasteiger partial charge < -0.3 is 15.2 Å². The van der Waals surface area contributed by atoms with Gasteiger partial charge >= 0.3 is 0 Å². The van der Waals surface area contributed by atoms with Crippen LogP contribution < -0.4 is 10.6 Å². The number of aromatic nitrogens is 1. The van der Waals surface area contributed by atoms with E-state index in [9.17, 15) is 9.59 Å². The molecule has 1 unspecified atom stereocenters. The average Bonchev–Trinajstić information content (AvgIpc) is 2.79. The highest BCUT2D eigenvalue weighted by atomic mass is 16.5. The van der Waals surface area contributed by atoms with Crippen molar-refractivity contribution in [2.24, 2.45) is 0 Å². The molecule has 1 atom stereocenters. The van der Waals surface area contributed by atoms with Gasteiger partial charge in [-0.2, -0.15) is 0 Å². The normalized spacial score (nSPS) is 12.4. The molecule has 0 aliphatic carbocycles. The number of hydrogen-bond acceptors (Lipinski definition) is 5. The quantitative estimate of drug-likeness (QED) is 0.716. The Labute approximate surface area is 106 Å². The molecule has 0 aromatic carbocycles. The van der Waals surface area contributed by atoms with Crippen LogP contribution in [0.25, 0.3) is 0 Å². The van der Waals surface area contributed by atoms with E-state index in [4.69, 9.17) is 0 Å². The number of nitrogens with one attached hydrogen (secondary N) is 2. The summed E-state index contributed by atoms with van der Waals surface area (Å²) in [5.74, 6) is -0.905. The third-order valence-corrected chi connectivity index (χ3v) is 2.33. The average molecular weight is 253 g/mol. The molecule has 0 bridgehead atoms. The molecule has 18 heavy (non-hydrogen) atoms. The van der Waals surface area contributed by atoms with Crippen LogP contribution in [0.5, 0.6) is 0 Å². The van der Waals surface area contributed by atoms with Gasteiger partial charge in [-0.15, -0.1) is 0 Å². The van der Waals surface area contributed by atoms with E-state index in [1.165, 1.54) is 12.3 Å². The molecule has 1 aromatic rings. The zero-order valence-electron chi connectivity index (χ0n) is 10.9. The van der Waals surface area contributed by atoms with Gasteiger partial charge in [0.2, 0.25) is 5.78 Å². The van der Waals surface area contributed by atoms with Gasteiger partial charge in [-0.1, -0.05) is 32.3 Å². The molecule has 0 saturated heterocycles. The van der Waals surface area contributed by atoms with E-state index >= 15 is 0 Å². The van der Waals surface area contributed by atoms with Crippen LogP contribution in [0.15, 0.2) is 16.9 Å². The van der Waals surface area contributed by atoms with Crippen LogP contribution in [-0.2, 0) is 9.59 Å². The van der Waals surface area contributed by atoms with Gasteiger partial charge in [-0.25, -0.2) is 0 Å². The second kappa shape index (κ2) is 6.90. The number of rotatable bonds is 7. The summed E-state index contributed by atoms with van der Waals surface area (Å²) in [6, 6.07) is 1.17. The molecule has 6 heteroatoms. The summed E-state index contributed by atoms with van der Waals surface area (Å²) in [4.78, 5) is 23.7. The smallest absolute Gasteiger partial charge is 0.294 e. The predicted octanol–water partition coefficient (Wildman–Crippen LogP) is 1.35. The number of carbonyl (C=O) groups is 2. The third-order valence-electron chi connectivity index (χ3n) is 2.33. The van der Waals surface area contributed by atoms with Crippen LogP contribution in [0, 0.1) is 0 Å². The summed E-state index contributed by atoms with van der Waals surface area (Å²) >= 11 is 0. The Morgan fingerprint density at radius 3 is 2.67 bits per heavy atom. The molecule has 0 spiro atoms. The van der Waals surface area contributed by atoms with Gasteiger partial charge in [0.05, 0.1) is 6.04 Å². The predicted molar refractivity (Wildman–Crippen MR) is 67.1 cm³/mol. The Bertz CT molecular complexity index is 387. The van der Waals surface area contributed by atoms with Crippen molar-refractivity contribution in [2.75, 3.05) is 5.32 Å². The molecule has 6 nitrogen and oxygen atoms in total. The Hall–Kier alpha value is -1.69. The highest BCUT2D eigenvalue weighted by molar-refractivity contribution is 6.42. The zero-order chi connectivity index (χ0) is 13.5.